The molecule has 0 saturated heterocycles. The molecule has 0 spiro atoms. The topological polar surface area (TPSA) is 12.0 Å². The number of rotatable bonds is 8. The van der Waals surface area contributed by atoms with E-state index in [1.165, 1.54) is 36.8 Å². The predicted octanol–water partition coefficient (Wildman–Crippen LogP) is 4.34. The molecule has 0 amide bonds. The van der Waals surface area contributed by atoms with E-state index < -0.39 is 0 Å². The van der Waals surface area contributed by atoms with Crippen molar-refractivity contribution in [1.29, 1.82) is 0 Å². The van der Waals surface area contributed by atoms with E-state index in [1.54, 1.807) is 0 Å². The van der Waals surface area contributed by atoms with Crippen LogP contribution in [-0.4, -0.2) is 12.6 Å². The fourth-order valence-corrected chi connectivity index (χ4v) is 2.28. The molecule has 1 nitrogen and oxygen atoms in total. The number of hydrogen-bond donors (Lipinski definition) is 1. The summed E-state index contributed by atoms with van der Waals surface area (Å²) >= 11 is 0. The molecule has 0 heterocycles. The molecule has 0 aromatic heterocycles. The molecule has 1 heteroatoms. The van der Waals surface area contributed by atoms with Crippen LogP contribution in [0.1, 0.15) is 51.2 Å². The maximum atomic E-state index is 3.66. The van der Waals surface area contributed by atoms with Crippen LogP contribution in [0.25, 0.3) is 0 Å². The third-order valence-electron chi connectivity index (χ3n) is 3.56. The average molecular weight is 247 g/mol. The Morgan fingerprint density at radius 1 is 1.11 bits per heavy atom. The number of benzene rings is 1. The molecule has 0 radical (unpaired) electrons. The zero-order valence-corrected chi connectivity index (χ0v) is 12.5. The molecule has 1 rings (SSSR count). The van der Waals surface area contributed by atoms with Crippen molar-refractivity contribution in [1.82, 2.24) is 5.32 Å². The van der Waals surface area contributed by atoms with Crippen LogP contribution in [0.4, 0.5) is 0 Å². The highest BCUT2D eigenvalue weighted by molar-refractivity contribution is 5.21. The summed E-state index contributed by atoms with van der Waals surface area (Å²) < 4.78 is 0. The van der Waals surface area contributed by atoms with Gasteiger partial charge in [-0.15, -0.1) is 0 Å². The summed E-state index contributed by atoms with van der Waals surface area (Å²) in [6.45, 7) is 10.2. The van der Waals surface area contributed by atoms with E-state index in [2.05, 4.69) is 57.3 Å². The first kappa shape index (κ1) is 15.2. The van der Waals surface area contributed by atoms with E-state index in [4.69, 9.17) is 0 Å². The van der Waals surface area contributed by atoms with Crippen molar-refractivity contribution in [3.05, 3.63) is 35.4 Å². The number of hydrogen-bond acceptors (Lipinski definition) is 1. The van der Waals surface area contributed by atoms with E-state index in [0.29, 0.717) is 6.04 Å². The third-order valence-corrected chi connectivity index (χ3v) is 3.56. The van der Waals surface area contributed by atoms with E-state index in [9.17, 15) is 0 Å². The molecule has 1 N–H and O–H groups in total. The van der Waals surface area contributed by atoms with Crippen molar-refractivity contribution in [2.24, 2.45) is 5.92 Å². The van der Waals surface area contributed by atoms with Crippen LogP contribution >= 0.6 is 0 Å². The van der Waals surface area contributed by atoms with Gasteiger partial charge in [-0.25, -0.2) is 0 Å². The standard InChI is InChI=1S/C17H29N/c1-5-13-18-17(14(2)3)8-6-7-16-11-9-15(4)10-12-16/h9-12,14,17-18H,5-8,13H2,1-4H3. The van der Waals surface area contributed by atoms with Crippen LogP contribution in [0.15, 0.2) is 24.3 Å². The molecular formula is C17H29N. The Labute approximate surface area is 113 Å². The Bertz CT molecular complexity index is 313. The van der Waals surface area contributed by atoms with E-state index >= 15 is 0 Å². The van der Waals surface area contributed by atoms with Gasteiger partial charge in [0.05, 0.1) is 0 Å². The second kappa shape index (κ2) is 8.31. The maximum Gasteiger partial charge on any atom is 0.00901 e. The van der Waals surface area contributed by atoms with Crippen LogP contribution < -0.4 is 5.32 Å². The lowest BCUT2D eigenvalue weighted by Crippen LogP contribution is -2.34. The van der Waals surface area contributed by atoms with Crippen molar-refractivity contribution < 1.29 is 0 Å². The second-order valence-corrected chi connectivity index (χ2v) is 5.68. The Balaban J connectivity index is 2.31. The largest absolute Gasteiger partial charge is 0.314 e. The highest BCUT2D eigenvalue weighted by Crippen LogP contribution is 2.12. The molecule has 1 unspecified atom stereocenters. The first-order valence-corrected chi connectivity index (χ1v) is 7.42. The smallest absolute Gasteiger partial charge is 0.00901 e. The highest BCUT2D eigenvalue weighted by Gasteiger charge is 2.11. The molecule has 1 atom stereocenters. The van der Waals surface area contributed by atoms with Crippen molar-refractivity contribution in [3.8, 4) is 0 Å². The van der Waals surface area contributed by atoms with Gasteiger partial charge in [-0.1, -0.05) is 50.6 Å². The molecule has 0 aliphatic heterocycles. The van der Waals surface area contributed by atoms with Crippen molar-refractivity contribution >= 4 is 0 Å². The van der Waals surface area contributed by atoms with Gasteiger partial charge in [-0.05, 0) is 50.6 Å². The number of nitrogens with one attached hydrogen (secondary N) is 1. The van der Waals surface area contributed by atoms with Gasteiger partial charge in [0.15, 0.2) is 0 Å². The minimum atomic E-state index is 0.676. The summed E-state index contributed by atoms with van der Waals surface area (Å²) in [6.07, 6.45) is 4.99. The van der Waals surface area contributed by atoms with Gasteiger partial charge in [-0.3, -0.25) is 0 Å². The van der Waals surface area contributed by atoms with E-state index in [1.807, 2.05) is 0 Å². The molecule has 0 saturated carbocycles. The van der Waals surface area contributed by atoms with Gasteiger partial charge in [0.25, 0.3) is 0 Å². The first-order valence-electron chi connectivity index (χ1n) is 7.42. The van der Waals surface area contributed by atoms with Crippen molar-refractivity contribution in [2.75, 3.05) is 6.54 Å². The van der Waals surface area contributed by atoms with Gasteiger partial charge in [0.2, 0.25) is 0 Å². The highest BCUT2D eigenvalue weighted by atomic mass is 14.9. The minimum absolute atomic E-state index is 0.676. The Morgan fingerprint density at radius 3 is 2.33 bits per heavy atom. The molecule has 1 aromatic carbocycles. The summed E-state index contributed by atoms with van der Waals surface area (Å²) in [6, 6.07) is 9.63. The molecule has 0 aliphatic carbocycles. The Hall–Kier alpha value is -0.820. The lowest BCUT2D eigenvalue weighted by molar-refractivity contribution is 0.370. The van der Waals surface area contributed by atoms with Gasteiger partial charge in [-0.2, -0.15) is 0 Å². The zero-order valence-electron chi connectivity index (χ0n) is 12.5. The fraction of sp³-hybridized carbons (Fsp3) is 0.647. The van der Waals surface area contributed by atoms with Crippen molar-refractivity contribution in [2.45, 2.75) is 59.4 Å². The zero-order chi connectivity index (χ0) is 13.4. The monoisotopic (exact) mass is 247 g/mol. The molecule has 0 fully saturated rings. The molecule has 0 aliphatic rings. The quantitative estimate of drug-likeness (QED) is 0.720. The second-order valence-electron chi connectivity index (χ2n) is 5.68. The maximum absolute atomic E-state index is 3.66. The van der Waals surface area contributed by atoms with Crippen LogP contribution in [0.5, 0.6) is 0 Å². The molecular weight excluding hydrogens is 218 g/mol. The minimum Gasteiger partial charge on any atom is -0.314 e. The Morgan fingerprint density at radius 2 is 1.78 bits per heavy atom. The predicted molar refractivity (Wildman–Crippen MR) is 81.0 cm³/mol. The lowest BCUT2D eigenvalue weighted by Gasteiger charge is -2.22. The molecule has 18 heavy (non-hydrogen) atoms. The molecule has 102 valence electrons. The van der Waals surface area contributed by atoms with Crippen molar-refractivity contribution in [3.63, 3.8) is 0 Å². The SMILES string of the molecule is CCCNC(CCCc1ccc(C)cc1)C(C)C. The fourth-order valence-electron chi connectivity index (χ4n) is 2.28. The normalized spacial score (nSPS) is 12.9. The van der Waals surface area contributed by atoms with E-state index in [-0.39, 0.29) is 0 Å². The summed E-state index contributed by atoms with van der Waals surface area (Å²) in [5, 5.41) is 3.66. The third kappa shape index (κ3) is 5.68. The summed E-state index contributed by atoms with van der Waals surface area (Å²) in [7, 11) is 0. The van der Waals surface area contributed by atoms with Gasteiger partial charge in [0.1, 0.15) is 0 Å². The van der Waals surface area contributed by atoms with Crippen LogP contribution in [-0.2, 0) is 6.42 Å². The van der Waals surface area contributed by atoms with E-state index in [0.717, 1.165) is 12.5 Å². The van der Waals surface area contributed by atoms with Gasteiger partial charge >= 0.3 is 0 Å². The van der Waals surface area contributed by atoms with Gasteiger partial charge in [0, 0.05) is 6.04 Å². The summed E-state index contributed by atoms with van der Waals surface area (Å²) in [5.74, 6) is 0.731. The average Bonchev–Trinajstić information content (AvgIpc) is 2.35. The van der Waals surface area contributed by atoms with Gasteiger partial charge < -0.3 is 5.32 Å². The summed E-state index contributed by atoms with van der Waals surface area (Å²) in [5.41, 5.74) is 2.82. The lowest BCUT2D eigenvalue weighted by atomic mass is 9.96. The first-order chi connectivity index (χ1) is 8.63. The van der Waals surface area contributed by atoms with Crippen LogP contribution in [0.3, 0.4) is 0 Å². The van der Waals surface area contributed by atoms with Crippen LogP contribution in [0.2, 0.25) is 0 Å². The number of aryl methyl sites for hydroxylation is 2. The molecule has 1 aromatic rings. The van der Waals surface area contributed by atoms with Crippen LogP contribution in [0, 0.1) is 12.8 Å². The summed E-state index contributed by atoms with van der Waals surface area (Å²) in [4.78, 5) is 0. The molecule has 0 bridgehead atoms. The Kier molecular flexibility index (Phi) is 7.04.